The van der Waals surface area contributed by atoms with Gasteiger partial charge in [0.15, 0.2) is 0 Å². The van der Waals surface area contributed by atoms with Crippen LogP contribution in [0.4, 0.5) is 0 Å². The van der Waals surface area contributed by atoms with Gasteiger partial charge in [-0.2, -0.15) is 5.10 Å². The number of carbonyl (C=O) groups excluding carboxylic acids is 2. The lowest BCUT2D eigenvalue weighted by atomic mass is 10.1. The lowest BCUT2D eigenvalue weighted by Crippen LogP contribution is -2.43. The number of H-pyrrole nitrogens is 1. The predicted octanol–water partition coefficient (Wildman–Crippen LogP) is 2.31. The summed E-state index contributed by atoms with van der Waals surface area (Å²) in [6, 6.07) is 9.51. The molecule has 0 saturated carbocycles. The van der Waals surface area contributed by atoms with Crippen molar-refractivity contribution < 1.29 is 19.5 Å². The van der Waals surface area contributed by atoms with Crippen molar-refractivity contribution in [2.24, 2.45) is 0 Å². The molecular formula is C21H26N4O4. The number of aryl methyl sites for hydroxylation is 1. The van der Waals surface area contributed by atoms with Crippen LogP contribution < -0.4 is 0 Å². The highest BCUT2D eigenvalue weighted by Crippen LogP contribution is 2.21. The van der Waals surface area contributed by atoms with Gasteiger partial charge in [-0.05, 0) is 32.3 Å². The van der Waals surface area contributed by atoms with Crippen molar-refractivity contribution in [2.45, 2.75) is 39.2 Å². The van der Waals surface area contributed by atoms with E-state index in [9.17, 15) is 14.4 Å². The summed E-state index contributed by atoms with van der Waals surface area (Å²) >= 11 is 0. The number of benzene rings is 1. The monoisotopic (exact) mass is 398 g/mol. The second-order valence-electron chi connectivity index (χ2n) is 7.45. The lowest BCUT2D eigenvalue weighted by molar-refractivity contribution is -0.145. The summed E-state index contributed by atoms with van der Waals surface area (Å²) in [5.74, 6) is -1.42. The Hall–Kier alpha value is -3.16. The number of amides is 2. The van der Waals surface area contributed by atoms with Crippen LogP contribution in [0.25, 0.3) is 11.3 Å². The largest absolute Gasteiger partial charge is 0.480 e. The predicted molar refractivity (Wildman–Crippen MR) is 107 cm³/mol. The summed E-state index contributed by atoms with van der Waals surface area (Å²) in [7, 11) is 0. The summed E-state index contributed by atoms with van der Waals surface area (Å²) in [6.45, 7) is 4.11. The number of hydrogen-bond donors (Lipinski definition) is 2. The number of aromatic nitrogens is 2. The molecule has 2 amide bonds. The third-order valence-electron chi connectivity index (χ3n) is 5.29. The Labute approximate surface area is 169 Å². The number of carboxylic acids is 1. The molecule has 0 spiro atoms. The van der Waals surface area contributed by atoms with E-state index in [1.165, 1.54) is 11.8 Å². The van der Waals surface area contributed by atoms with Crippen LogP contribution in [-0.4, -0.2) is 68.6 Å². The van der Waals surface area contributed by atoms with Crippen LogP contribution in [0.15, 0.2) is 30.3 Å². The molecule has 2 heterocycles. The maximum atomic E-state index is 12.9. The summed E-state index contributed by atoms with van der Waals surface area (Å²) in [5.41, 5.74) is 3.23. The minimum absolute atomic E-state index is 0.135. The highest BCUT2D eigenvalue weighted by Gasteiger charge is 2.28. The molecule has 1 saturated heterocycles. The zero-order valence-corrected chi connectivity index (χ0v) is 16.7. The molecule has 1 atom stereocenters. The Balaban J connectivity index is 1.67. The number of nitrogens with one attached hydrogen (secondary N) is 1. The number of nitrogens with zero attached hydrogens (tertiary/aromatic N) is 3. The first-order chi connectivity index (χ1) is 13.8. The summed E-state index contributed by atoms with van der Waals surface area (Å²) in [6.07, 6.45) is 1.94. The zero-order chi connectivity index (χ0) is 21.0. The van der Waals surface area contributed by atoms with Gasteiger partial charge in [0.2, 0.25) is 5.91 Å². The third-order valence-corrected chi connectivity index (χ3v) is 5.29. The molecule has 0 radical (unpaired) electrons. The first-order valence-corrected chi connectivity index (χ1v) is 9.76. The number of hydrogen-bond acceptors (Lipinski definition) is 4. The lowest BCUT2D eigenvalue weighted by Gasteiger charge is -2.28. The molecule has 2 N–H and O–H groups in total. The van der Waals surface area contributed by atoms with Gasteiger partial charge < -0.3 is 14.9 Å². The Morgan fingerprint density at radius 2 is 1.93 bits per heavy atom. The Kier molecular flexibility index (Phi) is 6.31. The van der Waals surface area contributed by atoms with Crippen molar-refractivity contribution in [3.63, 3.8) is 0 Å². The van der Waals surface area contributed by atoms with Gasteiger partial charge in [0.05, 0.1) is 5.69 Å². The molecule has 1 fully saturated rings. The number of carboxylic acid groups (broad SMARTS) is 1. The maximum Gasteiger partial charge on any atom is 0.323 e. The first-order valence-electron chi connectivity index (χ1n) is 9.76. The smallest absolute Gasteiger partial charge is 0.323 e. The zero-order valence-electron chi connectivity index (χ0n) is 16.7. The van der Waals surface area contributed by atoms with Crippen LogP contribution in [-0.2, 0) is 9.59 Å². The van der Waals surface area contributed by atoms with Crippen LogP contribution in [0, 0.1) is 6.92 Å². The minimum atomic E-state index is -1.03. The van der Waals surface area contributed by atoms with Gasteiger partial charge in [-0.1, -0.05) is 29.8 Å². The summed E-state index contributed by atoms with van der Waals surface area (Å²) < 4.78 is 0. The number of likely N-dealkylation sites (tertiary alicyclic amines) is 1. The van der Waals surface area contributed by atoms with Crippen molar-refractivity contribution in [2.75, 3.05) is 19.6 Å². The molecular weight excluding hydrogens is 372 g/mol. The van der Waals surface area contributed by atoms with Crippen molar-refractivity contribution >= 4 is 17.8 Å². The molecule has 1 unspecified atom stereocenters. The molecule has 154 valence electrons. The maximum absolute atomic E-state index is 12.9. The van der Waals surface area contributed by atoms with E-state index in [1.54, 1.807) is 11.0 Å². The Bertz CT molecular complexity index is 890. The minimum Gasteiger partial charge on any atom is -0.480 e. The van der Waals surface area contributed by atoms with E-state index in [0.29, 0.717) is 43.7 Å². The number of rotatable bonds is 5. The quantitative estimate of drug-likeness (QED) is 0.804. The van der Waals surface area contributed by atoms with Crippen molar-refractivity contribution in [1.82, 2.24) is 20.0 Å². The van der Waals surface area contributed by atoms with E-state index >= 15 is 0 Å². The van der Waals surface area contributed by atoms with E-state index in [-0.39, 0.29) is 24.4 Å². The van der Waals surface area contributed by atoms with Crippen molar-refractivity contribution in [3.8, 4) is 11.3 Å². The molecule has 1 aromatic heterocycles. The van der Waals surface area contributed by atoms with Gasteiger partial charge >= 0.3 is 5.97 Å². The standard InChI is InChI=1S/C21H26N4O4/c1-14-5-7-16(8-6-14)18-12-19(23-22-18)21(29)24-10-3-4-17(9-11-24)25(15(2)26)13-20(27)28/h5-8,12,17H,3-4,9-11,13H2,1-2H3,(H,22,23)(H,27,28). The number of aromatic amines is 1. The fourth-order valence-corrected chi connectivity index (χ4v) is 3.71. The third kappa shape index (κ3) is 5.01. The SMILES string of the molecule is CC(=O)N(CC(=O)O)C1CCCN(C(=O)c2cc(-c3ccc(C)cc3)n[nH]2)CC1. The van der Waals surface area contributed by atoms with Gasteiger partial charge in [0.25, 0.3) is 5.91 Å². The molecule has 29 heavy (non-hydrogen) atoms. The highest BCUT2D eigenvalue weighted by atomic mass is 16.4. The average Bonchev–Trinajstić information content (AvgIpc) is 3.04. The van der Waals surface area contributed by atoms with Crippen LogP contribution in [0.2, 0.25) is 0 Å². The van der Waals surface area contributed by atoms with E-state index in [0.717, 1.165) is 11.1 Å². The second kappa shape index (κ2) is 8.89. The molecule has 1 aliphatic heterocycles. The van der Waals surface area contributed by atoms with Crippen molar-refractivity contribution in [1.29, 1.82) is 0 Å². The summed E-state index contributed by atoms with van der Waals surface area (Å²) in [4.78, 5) is 39.0. The van der Waals surface area contributed by atoms with Crippen molar-refractivity contribution in [3.05, 3.63) is 41.6 Å². The Morgan fingerprint density at radius 1 is 1.21 bits per heavy atom. The van der Waals surface area contributed by atoms with Crippen LogP contribution in [0.1, 0.15) is 42.2 Å². The fraction of sp³-hybridized carbons (Fsp3) is 0.429. The first kappa shape index (κ1) is 20.6. The number of carbonyl (C=O) groups is 3. The van der Waals surface area contributed by atoms with Crippen LogP contribution in [0.3, 0.4) is 0 Å². The van der Waals surface area contributed by atoms with Gasteiger partial charge in [0.1, 0.15) is 12.2 Å². The molecule has 8 nitrogen and oxygen atoms in total. The Morgan fingerprint density at radius 3 is 2.59 bits per heavy atom. The van der Waals surface area contributed by atoms with E-state index in [4.69, 9.17) is 5.11 Å². The molecule has 0 aliphatic carbocycles. The molecule has 3 rings (SSSR count). The van der Waals surface area contributed by atoms with Gasteiger partial charge in [-0.3, -0.25) is 19.5 Å². The van der Waals surface area contributed by atoms with E-state index in [2.05, 4.69) is 10.2 Å². The molecule has 1 aliphatic rings. The van der Waals surface area contributed by atoms with Gasteiger partial charge in [0, 0.05) is 31.6 Å². The fourth-order valence-electron chi connectivity index (χ4n) is 3.71. The highest BCUT2D eigenvalue weighted by molar-refractivity contribution is 5.93. The normalized spacial score (nSPS) is 16.9. The molecule has 0 bridgehead atoms. The van der Waals surface area contributed by atoms with Gasteiger partial charge in [-0.25, -0.2) is 0 Å². The van der Waals surface area contributed by atoms with E-state index < -0.39 is 5.97 Å². The van der Waals surface area contributed by atoms with Crippen LogP contribution >= 0.6 is 0 Å². The molecule has 8 heteroatoms. The van der Waals surface area contributed by atoms with E-state index in [1.807, 2.05) is 31.2 Å². The summed E-state index contributed by atoms with van der Waals surface area (Å²) in [5, 5.41) is 16.2. The molecule has 1 aromatic carbocycles. The average molecular weight is 398 g/mol. The van der Waals surface area contributed by atoms with Gasteiger partial charge in [-0.15, -0.1) is 0 Å². The number of aliphatic carboxylic acids is 1. The van der Waals surface area contributed by atoms with Crippen LogP contribution in [0.5, 0.6) is 0 Å². The topological polar surface area (TPSA) is 107 Å². The molecule has 2 aromatic rings. The second-order valence-corrected chi connectivity index (χ2v) is 7.45.